The third kappa shape index (κ3) is 5.94. The van der Waals surface area contributed by atoms with E-state index in [1.54, 1.807) is 39.0 Å². The summed E-state index contributed by atoms with van der Waals surface area (Å²) in [6, 6.07) is 6.86. The van der Waals surface area contributed by atoms with Crippen LogP contribution in [0.25, 0.3) is 0 Å². The molecule has 1 amide bonds. The molecule has 2 N–H and O–H groups in total. The van der Waals surface area contributed by atoms with Crippen molar-refractivity contribution in [3.63, 3.8) is 0 Å². The Bertz CT molecular complexity index is 429. The monoisotopic (exact) mass is 285 g/mol. The average Bonchev–Trinajstić information content (AvgIpc) is 2.26. The van der Waals surface area contributed by atoms with Crippen LogP contribution in [0.3, 0.4) is 0 Å². The Morgan fingerprint density at radius 1 is 1.47 bits per heavy atom. The summed E-state index contributed by atoms with van der Waals surface area (Å²) in [5, 5.41) is 12.4. The maximum atomic E-state index is 11.8. The molecule has 4 nitrogen and oxygen atoms in total. The standard InChI is InChI=1S/C14H20ClNO3/c1-14(2,3)19-13(18)16-12(7-8-17)10-5-4-6-11(15)9-10/h4-6,9,12,17H,7-8H2,1-3H3,(H,16,18). The number of ether oxygens (including phenoxy) is 1. The van der Waals surface area contributed by atoms with Crippen molar-refractivity contribution in [2.24, 2.45) is 0 Å². The normalized spacial score (nSPS) is 12.9. The largest absolute Gasteiger partial charge is 0.444 e. The highest BCUT2D eigenvalue weighted by molar-refractivity contribution is 6.30. The van der Waals surface area contributed by atoms with Crippen LogP contribution in [-0.2, 0) is 4.74 Å². The van der Waals surface area contributed by atoms with E-state index in [2.05, 4.69) is 5.32 Å². The van der Waals surface area contributed by atoms with Crippen LogP contribution in [-0.4, -0.2) is 23.4 Å². The van der Waals surface area contributed by atoms with E-state index < -0.39 is 11.7 Å². The van der Waals surface area contributed by atoms with Gasteiger partial charge in [-0.25, -0.2) is 4.79 Å². The molecule has 0 aliphatic rings. The molecular weight excluding hydrogens is 266 g/mol. The summed E-state index contributed by atoms with van der Waals surface area (Å²) in [6.07, 6.45) is -0.106. The first kappa shape index (κ1) is 15.8. The number of carbonyl (C=O) groups is 1. The van der Waals surface area contributed by atoms with Gasteiger partial charge >= 0.3 is 6.09 Å². The lowest BCUT2D eigenvalue weighted by Gasteiger charge is -2.23. The van der Waals surface area contributed by atoms with E-state index in [-0.39, 0.29) is 12.6 Å². The van der Waals surface area contributed by atoms with E-state index in [0.717, 1.165) is 5.56 Å². The van der Waals surface area contributed by atoms with Crippen molar-refractivity contribution >= 4 is 17.7 Å². The summed E-state index contributed by atoms with van der Waals surface area (Å²) in [6.45, 7) is 5.36. The topological polar surface area (TPSA) is 58.6 Å². The van der Waals surface area contributed by atoms with E-state index in [0.29, 0.717) is 11.4 Å². The van der Waals surface area contributed by atoms with Crippen molar-refractivity contribution in [2.75, 3.05) is 6.61 Å². The van der Waals surface area contributed by atoms with Crippen LogP contribution in [0.2, 0.25) is 5.02 Å². The van der Waals surface area contributed by atoms with Gasteiger partial charge in [-0.15, -0.1) is 0 Å². The van der Waals surface area contributed by atoms with Gasteiger partial charge in [-0.1, -0.05) is 23.7 Å². The average molecular weight is 286 g/mol. The quantitative estimate of drug-likeness (QED) is 0.892. The number of aliphatic hydroxyl groups is 1. The summed E-state index contributed by atoms with van der Waals surface area (Å²) in [5.41, 5.74) is 0.287. The number of hydrogen-bond donors (Lipinski definition) is 2. The van der Waals surface area contributed by atoms with E-state index >= 15 is 0 Å². The molecule has 1 rings (SSSR count). The van der Waals surface area contributed by atoms with Crippen molar-refractivity contribution in [1.29, 1.82) is 0 Å². The molecule has 0 aromatic heterocycles. The molecule has 0 saturated carbocycles. The van der Waals surface area contributed by atoms with Gasteiger partial charge in [-0.05, 0) is 44.9 Å². The fourth-order valence-electron chi connectivity index (χ4n) is 1.62. The predicted molar refractivity (Wildman–Crippen MR) is 75.3 cm³/mol. The Labute approximate surface area is 118 Å². The van der Waals surface area contributed by atoms with Gasteiger partial charge < -0.3 is 15.2 Å². The maximum absolute atomic E-state index is 11.8. The van der Waals surface area contributed by atoms with Gasteiger partial charge in [0, 0.05) is 11.6 Å². The number of amides is 1. The molecule has 0 aliphatic carbocycles. The number of nitrogens with one attached hydrogen (secondary N) is 1. The molecule has 1 aromatic carbocycles. The first-order valence-corrected chi connectivity index (χ1v) is 6.55. The number of carbonyl (C=O) groups excluding carboxylic acids is 1. The highest BCUT2D eigenvalue weighted by Crippen LogP contribution is 2.21. The van der Waals surface area contributed by atoms with E-state index in [9.17, 15) is 4.79 Å². The number of alkyl carbamates (subject to hydrolysis) is 1. The zero-order valence-electron chi connectivity index (χ0n) is 11.4. The maximum Gasteiger partial charge on any atom is 0.408 e. The van der Waals surface area contributed by atoms with Gasteiger partial charge in [0.1, 0.15) is 5.60 Å². The molecule has 0 radical (unpaired) electrons. The van der Waals surface area contributed by atoms with Crippen molar-refractivity contribution in [3.8, 4) is 0 Å². The second kappa shape index (κ2) is 6.78. The molecule has 0 spiro atoms. The van der Waals surface area contributed by atoms with Crippen LogP contribution in [0.4, 0.5) is 4.79 Å². The van der Waals surface area contributed by atoms with Crippen LogP contribution >= 0.6 is 11.6 Å². The second-order valence-electron chi connectivity index (χ2n) is 5.27. The molecule has 0 saturated heterocycles. The number of benzene rings is 1. The molecule has 19 heavy (non-hydrogen) atoms. The van der Waals surface area contributed by atoms with Crippen LogP contribution in [0.15, 0.2) is 24.3 Å². The van der Waals surface area contributed by atoms with E-state index in [1.165, 1.54) is 0 Å². The first-order valence-electron chi connectivity index (χ1n) is 6.17. The lowest BCUT2D eigenvalue weighted by atomic mass is 10.0. The Morgan fingerprint density at radius 2 is 2.16 bits per heavy atom. The van der Waals surface area contributed by atoms with Crippen LogP contribution in [0, 0.1) is 0 Å². The Hall–Kier alpha value is -1.26. The minimum atomic E-state index is -0.553. The fraction of sp³-hybridized carbons (Fsp3) is 0.500. The molecule has 1 aromatic rings. The van der Waals surface area contributed by atoms with E-state index in [4.69, 9.17) is 21.4 Å². The first-order chi connectivity index (χ1) is 8.81. The third-order valence-electron chi connectivity index (χ3n) is 2.36. The van der Waals surface area contributed by atoms with Gasteiger partial charge in [0.25, 0.3) is 0 Å². The molecule has 5 heteroatoms. The van der Waals surface area contributed by atoms with Crippen molar-refractivity contribution < 1.29 is 14.6 Å². The van der Waals surface area contributed by atoms with Gasteiger partial charge in [0.05, 0.1) is 6.04 Å². The Morgan fingerprint density at radius 3 is 2.68 bits per heavy atom. The van der Waals surface area contributed by atoms with Crippen molar-refractivity contribution in [1.82, 2.24) is 5.32 Å². The molecule has 106 valence electrons. The molecule has 0 aliphatic heterocycles. The fourth-order valence-corrected chi connectivity index (χ4v) is 1.82. The Balaban J connectivity index is 2.76. The highest BCUT2D eigenvalue weighted by Gasteiger charge is 2.20. The molecular formula is C14H20ClNO3. The van der Waals surface area contributed by atoms with Gasteiger partial charge in [0.2, 0.25) is 0 Å². The SMILES string of the molecule is CC(C)(C)OC(=O)NC(CCO)c1cccc(Cl)c1. The smallest absolute Gasteiger partial charge is 0.408 e. The minimum Gasteiger partial charge on any atom is -0.444 e. The van der Waals surface area contributed by atoms with Crippen LogP contribution < -0.4 is 5.32 Å². The van der Waals surface area contributed by atoms with E-state index in [1.807, 2.05) is 6.07 Å². The van der Waals surface area contributed by atoms with Crippen LogP contribution in [0.5, 0.6) is 0 Å². The van der Waals surface area contributed by atoms with Crippen molar-refractivity contribution in [3.05, 3.63) is 34.9 Å². The molecule has 1 unspecified atom stereocenters. The molecule has 1 atom stereocenters. The molecule has 0 heterocycles. The Kier molecular flexibility index (Phi) is 5.63. The number of halogens is 1. The number of aliphatic hydroxyl groups excluding tert-OH is 1. The summed E-state index contributed by atoms with van der Waals surface area (Å²) >= 11 is 5.93. The van der Waals surface area contributed by atoms with Crippen molar-refractivity contribution in [2.45, 2.75) is 38.8 Å². The minimum absolute atomic E-state index is 0.0347. The summed E-state index contributed by atoms with van der Waals surface area (Å²) < 4.78 is 5.20. The molecule has 0 bridgehead atoms. The highest BCUT2D eigenvalue weighted by atomic mass is 35.5. The third-order valence-corrected chi connectivity index (χ3v) is 2.59. The molecule has 0 fully saturated rings. The second-order valence-corrected chi connectivity index (χ2v) is 5.70. The number of hydrogen-bond acceptors (Lipinski definition) is 3. The summed E-state index contributed by atoms with van der Waals surface area (Å²) in [7, 11) is 0. The zero-order chi connectivity index (χ0) is 14.5. The summed E-state index contributed by atoms with van der Waals surface area (Å²) in [5.74, 6) is 0. The number of rotatable bonds is 4. The predicted octanol–water partition coefficient (Wildman–Crippen LogP) is 3.29. The lowest BCUT2D eigenvalue weighted by Crippen LogP contribution is -2.35. The van der Waals surface area contributed by atoms with Gasteiger partial charge in [-0.2, -0.15) is 0 Å². The van der Waals surface area contributed by atoms with Gasteiger partial charge in [0.15, 0.2) is 0 Å². The lowest BCUT2D eigenvalue weighted by molar-refractivity contribution is 0.0496. The zero-order valence-corrected chi connectivity index (χ0v) is 12.2. The van der Waals surface area contributed by atoms with Gasteiger partial charge in [-0.3, -0.25) is 0 Å². The summed E-state index contributed by atoms with van der Waals surface area (Å²) in [4.78, 5) is 11.8. The van der Waals surface area contributed by atoms with Crippen LogP contribution in [0.1, 0.15) is 38.8 Å².